The summed E-state index contributed by atoms with van der Waals surface area (Å²) in [5.74, 6) is -0.851. The van der Waals surface area contributed by atoms with Gasteiger partial charge in [-0.25, -0.2) is 4.57 Å². The number of unbranched alkanes of at least 4 members (excludes halogenated alkanes) is 17. The van der Waals surface area contributed by atoms with Crippen molar-refractivity contribution in [2.45, 2.75) is 187 Å². The van der Waals surface area contributed by atoms with Crippen LogP contribution in [-0.4, -0.2) is 74.9 Å². The topological polar surface area (TPSA) is 108 Å². The molecule has 0 fully saturated rings. The van der Waals surface area contributed by atoms with E-state index in [9.17, 15) is 19.0 Å². The van der Waals surface area contributed by atoms with Crippen LogP contribution in [0.3, 0.4) is 0 Å². The SMILES string of the molecule is CC/C=C\C/C=C\C/C=C\C/C=C\CCCCC(=O)OC(COC(=O)CCCCCCCCCCC/C=C\CCCCCCCC)COP(=O)(O)OCC[N+](C)(C)C. The van der Waals surface area contributed by atoms with Crippen molar-refractivity contribution in [3.8, 4) is 0 Å². The highest BCUT2D eigenvalue weighted by atomic mass is 31.2. The van der Waals surface area contributed by atoms with Crippen molar-refractivity contribution >= 4 is 19.8 Å². The lowest BCUT2D eigenvalue weighted by Crippen LogP contribution is -2.37. The minimum absolute atomic E-state index is 0.0211. The van der Waals surface area contributed by atoms with E-state index in [1.807, 2.05) is 21.1 Å². The second-order valence-corrected chi connectivity index (χ2v) is 17.9. The van der Waals surface area contributed by atoms with Gasteiger partial charge in [-0.05, 0) is 77.0 Å². The number of carbonyl (C=O) groups is 2. The van der Waals surface area contributed by atoms with Gasteiger partial charge >= 0.3 is 19.8 Å². The lowest BCUT2D eigenvalue weighted by molar-refractivity contribution is -0.870. The molecule has 0 radical (unpaired) electrons. The zero-order valence-corrected chi connectivity index (χ0v) is 38.7. The van der Waals surface area contributed by atoms with E-state index in [-0.39, 0.29) is 32.0 Å². The fourth-order valence-corrected chi connectivity index (χ4v) is 6.68. The van der Waals surface area contributed by atoms with Crippen LogP contribution >= 0.6 is 7.82 Å². The number of hydrogen-bond acceptors (Lipinski definition) is 7. The van der Waals surface area contributed by atoms with Gasteiger partial charge in [0.2, 0.25) is 0 Å². The summed E-state index contributed by atoms with van der Waals surface area (Å²) in [6.45, 7) is 4.25. The first kappa shape index (κ1) is 55.7. The number of likely N-dealkylation sites (N-methyl/N-ethyl adjacent to an activating group) is 1. The van der Waals surface area contributed by atoms with Crippen LogP contribution in [-0.2, 0) is 32.7 Å². The Bertz CT molecular complexity index is 1170. The van der Waals surface area contributed by atoms with Crippen molar-refractivity contribution in [3.05, 3.63) is 60.8 Å². The lowest BCUT2D eigenvalue weighted by Gasteiger charge is -2.24. The number of quaternary nitrogens is 1. The van der Waals surface area contributed by atoms with Crippen molar-refractivity contribution in [2.75, 3.05) is 47.5 Å². The number of carbonyl (C=O) groups excluding carboxylic acids is 2. The molecule has 336 valence electrons. The van der Waals surface area contributed by atoms with Gasteiger partial charge in [0, 0.05) is 12.8 Å². The summed E-state index contributed by atoms with van der Waals surface area (Å²) in [6, 6.07) is 0. The Morgan fingerprint density at radius 1 is 0.552 bits per heavy atom. The maximum absolute atomic E-state index is 12.7. The zero-order valence-electron chi connectivity index (χ0n) is 37.8. The third kappa shape index (κ3) is 43.3. The maximum atomic E-state index is 12.7. The third-order valence-corrected chi connectivity index (χ3v) is 10.5. The summed E-state index contributed by atoms with van der Waals surface area (Å²) in [7, 11) is 1.44. The number of hydrogen-bond donors (Lipinski definition) is 1. The molecule has 2 atom stereocenters. The minimum atomic E-state index is -4.39. The van der Waals surface area contributed by atoms with Gasteiger partial charge < -0.3 is 18.9 Å². The average Bonchev–Trinajstić information content (AvgIpc) is 3.17. The highest BCUT2D eigenvalue weighted by molar-refractivity contribution is 7.47. The predicted octanol–water partition coefficient (Wildman–Crippen LogP) is 13.2. The van der Waals surface area contributed by atoms with Crippen LogP contribution < -0.4 is 0 Å². The van der Waals surface area contributed by atoms with E-state index in [0.29, 0.717) is 17.4 Å². The smallest absolute Gasteiger partial charge is 0.462 e. The van der Waals surface area contributed by atoms with Crippen LogP contribution in [0.4, 0.5) is 0 Å². The quantitative estimate of drug-likeness (QED) is 0.0213. The van der Waals surface area contributed by atoms with Crippen molar-refractivity contribution in [2.24, 2.45) is 0 Å². The number of phosphoric acid groups is 1. The van der Waals surface area contributed by atoms with E-state index in [1.165, 1.54) is 89.9 Å². The van der Waals surface area contributed by atoms with Crippen LogP contribution in [0.25, 0.3) is 0 Å². The Morgan fingerprint density at radius 3 is 1.52 bits per heavy atom. The van der Waals surface area contributed by atoms with Crippen molar-refractivity contribution in [1.82, 2.24) is 0 Å². The van der Waals surface area contributed by atoms with Crippen molar-refractivity contribution in [3.63, 3.8) is 0 Å². The first-order chi connectivity index (χ1) is 28.0. The molecule has 58 heavy (non-hydrogen) atoms. The van der Waals surface area contributed by atoms with E-state index in [0.717, 1.165) is 57.8 Å². The Morgan fingerprint density at radius 2 is 0.983 bits per heavy atom. The van der Waals surface area contributed by atoms with Crippen LogP contribution in [0.1, 0.15) is 181 Å². The standard InChI is InChI=1S/C48H86NO8P/c1-6-8-10-12-14-16-18-20-22-23-24-25-27-28-30-32-34-36-38-40-47(50)54-44-46(45-56-58(52,53)55-43-42-49(3,4)5)57-48(51)41-39-37-35-33-31-29-26-21-19-17-15-13-11-9-7-2/h9,11,15,17,20-22,26,31,33,46H,6-8,10,12-14,16,18-19,23-25,27-30,32,34-45H2,1-5H3/p+1/b11-9-,17-15-,22-20-,26-21-,33-31-. The highest BCUT2D eigenvalue weighted by Gasteiger charge is 2.27. The van der Waals surface area contributed by atoms with Crippen LogP contribution in [0.15, 0.2) is 60.8 Å². The number of allylic oxidation sites excluding steroid dienone is 10. The predicted molar refractivity (Wildman–Crippen MR) is 243 cm³/mol. The molecule has 1 N–H and O–H groups in total. The number of ether oxygens (including phenoxy) is 2. The summed E-state index contributed by atoms with van der Waals surface area (Å²) in [6.07, 6.45) is 48.5. The molecule has 0 amide bonds. The van der Waals surface area contributed by atoms with Crippen molar-refractivity contribution < 1.29 is 42.1 Å². The molecule has 0 rings (SSSR count). The molecule has 10 heteroatoms. The fraction of sp³-hybridized carbons (Fsp3) is 0.750. The Kier molecular flexibility index (Phi) is 38.5. The number of phosphoric ester groups is 1. The summed E-state index contributed by atoms with van der Waals surface area (Å²) in [5, 5.41) is 0. The second-order valence-electron chi connectivity index (χ2n) is 16.4. The van der Waals surface area contributed by atoms with E-state index >= 15 is 0 Å². The van der Waals surface area contributed by atoms with Crippen LogP contribution in [0.5, 0.6) is 0 Å². The zero-order chi connectivity index (χ0) is 42.8. The number of esters is 2. The molecular formula is C48H87NO8P+. The van der Waals surface area contributed by atoms with Gasteiger partial charge in [0.15, 0.2) is 6.10 Å². The van der Waals surface area contributed by atoms with Crippen LogP contribution in [0, 0.1) is 0 Å². The molecule has 0 bridgehead atoms. The first-order valence-electron chi connectivity index (χ1n) is 23.0. The third-order valence-electron chi connectivity index (χ3n) is 9.53. The van der Waals surface area contributed by atoms with E-state index < -0.39 is 26.5 Å². The van der Waals surface area contributed by atoms with Gasteiger partial charge in [0.25, 0.3) is 0 Å². The summed E-state index contributed by atoms with van der Waals surface area (Å²) >= 11 is 0. The van der Waals surface area contributed by atoms with E-state index in [1.54, 1.807) is 0 Å². The molecule has 0 heterocycles. The lowest BCUT2D eigenvalue weighted by atomic mass is 10.1. The van der Waals surface area contributed by atoms with Gasteiger partial charge in [0.05, 0.1) is 27.7 Å². The molecule has 0 saturated carbocycles. The Balaban J connectivity index is 4.37. The Hall–Kier alpha value is -2.29. The largest absolute Gasteiger partial charge is 0.472 e. The number of nitrogens with zero attached hydrogens (tertiary/aromatic N) is 1. The maximum Gasteiger partial charge on any atom is 0.472 e. The number of rotatable bonds is 41. The molecule has 0 aliphatic heterocycles. The summed E-state index contributed by atoms with van der Waals surface area (Å²) in [4.78, 5) is 35.4. The normalized spacial score (nSPS) is 14.1. The van der Waals surface area contributed by atoms with E-state index in [2.05, 4.69) is 74.6 Å². The molecule has 0 spiro atoms. The molecule has 2 unspecified atom stereocenters. The van der Waals surface area contributed by atoms with Crippen molar-refractivity contribution in [1.29, 1.82) is 0 Å². The summed E-state index contributed by atoms with van der Waals surface area (Å²) < 4.78 is 34.3. The molecule has 0 aliphatic rings. The molecule has 9 nitrogen and oxygen atoms in total. The molecular weight excluding hydrogens is 750 g/mol. The van der Waals surface area contributed by atoms with Gasteiger partial charge in [-0.1, -0.05) is 152 Å². The molecule has 0 aliphatic carbocycles. The molecule has 0 saturated heterocycles. The van der Waals surface area contributed by atoms with Gasteiger partial charge in [-0.2, -0.15) is 0 Å². The molecule has 0 aromatic heterocycles. The average molecular weight is 837 g/mol. The molecule has 0 aromatic carbocycles. The van der Waals surface area contributed by atoms with Gasteiger partial charge in [-0.3, -0.25) is 18.6 Å². The molecule has 0 aromatic rings. The van der Waals surface area contributed by atoms with E-state index in [4.69, 9.17) is 18.5 Å². The minimum Gasteiger partial charge on any atom is -0.462 e. The summed E-state index contributed by atoms with van der Waals surface area (Å²) in [5.41, 5.74) is 0. The van der Waals surface area contributed by atoms with Gasteiger partial charge in [0.1, 0.15) is 19.8 Å². The van der Waals surface area contributed by atoms with Gasteiger partial charge in [-0.15, -0.1) is 0 Å². The first-order valence-corrected chi connectivity index (χ1v) is 24.5. The monoisotopic (exact) mass is 837 g/mol. The second kappa shape index (κ2) is 40.1. The fourth-order valence-electron chi connectivity index (χ4n) is 5.94. The Labute approximate surface area is 356 Å². The highest BCUT2D eigenvalue weighted by Crippen LogP contribution is 2.43. The van der Waals surface area contributed by atoms with Crippen LogP contribution in [0.2, 0.25) is 0 Å².